The van der Waals surface area contributed by atoms with Crippen LogP contribution in [0.25, 0.3) is 75.2 Å². The van der Waals surface area contributed by atoms with Crippen LogP contribution in [0.4, 0.5) is 0 Å². The first-order chi connectivity index (χ1) is 25.2. The largest absolute Gasteiger partial charge is 0.456 e. The van der Waals surface area contributed by atoms with Gasteiger partial charge in [-0.05, 0) is 47.0 Å². The number of hydrogen-bond acceptors (Lipinski definition) is 6. The molecule has 3 N–H and O–H groups in total. The van der Waals surface area contributed by atoms with E-state index in [0.717, 1.165) is 71.7 Å². The Balaban J connectivity index is 1.06. The van der Waals surface area contributed by atoms with Crippen molar-refractivity contribution in [3.8, 4) is 11.1 Å². The Morgan fingerprint density at radius 2 is 1.25 bits per heavy atom. The number of thiophene rings is 1. The first-order valence-electron chi connectivity index (χ1n) is 17.0. The van der Waals surface area contributed by atoms with Gasteiger partial charge in [0.25, 0.3) is 0 Å². The number of aliphatic imine (C=N–C) groups is 1. The maximum Gasteiger partial charge on any atom is 0.143 e. The molecule has 0 amide bonds. The number of fused-ring (bicyclic) bond motifs is 9. The highest BCUT2D eigenvalue weighted by atomic mass is 32.1. The smallest absolute Gasteiger partial charge is 0.143 e. The van der Waals surface area contributed by atoms with E-state index >= 15 is 0 Å². The molecule has 5 nitrogen and oxygen atoms in total. The van der Waals surface area contributed by atoms with Crippen LogP contribution < -0.4 is 11.1 Å². The third-order valence-electron chi connectivity index (χ3n) is 9.81. The molecule has 3 heterocycles. The molecule has 7 aromatic carbocycles. The lowest BCUT2D eigenvalue weighted by atomic mass is 10.0. The standard InChI is InChI=1S/C45H31N3O2S/c46-44(29-21-23-34-33-13-5-7-19-40(33)51-41(34)25-29)48-45(47-26-27-10-2-1-3-11-27)37-17-9-16-36-32-22-20-28(24-39(32)50-43(36)37)30-14-8-15-35-31-12-4-6-18-38(31)49-42(30)35/h1-26,44-45,48H,46H2. The normalized spacial score (nSPS) is 13.4. The zero-order valence-electron chi connectivity index (χ0n) is 27.4. The molecule has 0 fully saturated rings. The van der Waals surface area contributed by atoms with Gasteiger partial charge in [0, 0.05) is 59.1 Å². The first kappa shape index (κ1) is 29.8. The maximum absolute atomic E-state index is 6.94. The third-order valence-corrected chi connectivity index (χ3v) is 10.9. The highest BCUT2D eigenvalue weighted by Gasteiger charge is 2.22. The number of furan rings is 2. The molecule has 3 aromatic heterocycles. The van der Waals surface area contributed by atoms with E-state index in [1.54, 1.807) is 11.3 Å². The van der Waals surface area contributed by atoms with Gasteiger partial charge in [-0.1, -0.05) is 121 Å². The highest BCUT2D eigenvalue weighted by molar-refractivity contribution is 7.25. The number of nitrogens with one attached hydrogen (secondary N) is 1. The monoisotopic (exact) mass is 677 g/mol. The van der Waals surface area contributed by atoms with Crippen LogP contribution in [0.2, 0.25) is 0 Å². The SMILES string of the molecule is NC(NC(N=Cc1ccccc1)c1cccc2c1oc1cc(-c3cccc4c3oc3ccccc34)ccc12)c1ccc2c(c1)sc1ccccc12. The second-order valence-electron chi connectivity index (χ2n) is 12.9. The quantitative estimate of drug-likeness (QED) is 0.130. The summed E-state index contributed by atoms with van der Waals surface area (Å²) in [6.07, 6.45) is 0.937. The molecule has 10 aromatic rings. The highest BCUT2D eigenvalue weighted by Crippen LogP contribution is 2.40. The van der Waals surface area contributed by atoms with Gasteiger partial charge in [0.1, 0.15) is 28.5 Å². The predicted octanol–water partition coefficient (Wildman–Crippen LogP) is 11.9. The van der Waals surface area contributed by atoms with Gasteiger partial charge in [-0.25, -0.2) is 0 Å². The number of rotatable bonds is 7. The fourth-order valence-corrected chi connectivity index (χ4v) is 8.45. The van der Waals surface area contributed by atoms with E-state index in [1.807, 2.05) is 54.7 Å². The molecule has 2 atom stereocenters. The van der Waals surface area contributed by atoms with Gasteiger partial charge in [-0.3, -0.25) is 10.3 Å². The Kier molecular flexibility index (Phi) is 7.06. The average molecular weight is 678 g/mol. The van der Waals surface area contributed by atoms with Crippen LogP contribution in [0.3, 0.4) is 0 Å². The van der Waals surface area contributed by atoms with Crippen LogP contribution in [-0.4, -0.2) is 6.21 Å². The molecule has 0 saturated carbocycles. The van der Waals surface area contributed by atoms with Crippen molar-refractivity contribution >= 4 is 81.6 Å². The minimum Gasteiger partial charge on any atom is -0.456 e. The zero-order valence-corrected chi connectivity index (χ0v) is 28.2. The van der Waals surface area contributed by atoms with Gasteiger partial charge < -0.3 is 14.6 Å². The number of para-hydroxylation sites is 3. The number of nitrogens with zero attached hydrogens (tertiary/aromatic N) is 1. The molecule has 244 valence electrons. The molecule has 0 radical (unpaired) electrons. The van der Waals surface area contributed by atoms with E-state index in [0.29, 0.717) is 0 Å². The van der Waals surface area contributed by atoms with Crippen molar-refractivity contribution in [2.75, 3.05) is 0 Å². The Labute approximate surface area is 297 Å². The summed E-state index contributed by atoms with van der Waals surface area (Å²) >= 11 is 1.79. The van der Waals surface area contributed by atoms with Crippen LogP contribution in [-0.2, 0) is 0 Å². The number of nitrogens with two attached hydrogens (primary N) is 1. The molecule has 10 rings (SSSR count). The molecule has 0 aliphatic carbocycles. The topological polar surface area (TPSA) is 76.7 Å². The van der Waals surface area contributed by atoms with E-state index in [4.69, 9.17) is 19.6 Å². The summed E-state index contributed by atoms with van der Waals surface area (Å²) in [5.41, 5.74) is 15.2. The van der Waals surface area contributed by atoms with Crippen LogP contribution >= 0.6 is 11.3 Å². The van der Waals surface area contributed by atoms with Gasteiger partial charge in [0.15, 0.2) is 0 Å². The third kappa shape index (κ3) is 5.12. The predicted molar refractivity (Wildman–Crippen MR) is 213 cm³/mol. The average Bonchev–Trinajstić information content (AvgIpc) is 3.87. The fourth-order valence-electron chi connectivity index (χ4n) is 7.29. The lowest BCUT2D eigenvalue weighted by Gasteiger charge is -2.21. The van der Waals surface area contributed by atoms with Crippen molar-refractivity contribution < 1.29 is 8.83 Å². The van der Waals surface area contributed by atoms with Gasteiger partial charge in [-0.2, -0.15) is 0 Å². The van der Waals surface area contributed by atoms with Crippen LogP contribution in [0, 0.1) is 0 Å². The summed E-state index contributed by atoms with van der Waals surface area (Å²) in [6, 6.07) is 52.3. The van der Waals surface area contributed by atoms with Gasteiger partial charge in [0.2, 0.25) is 0 Å². The number of benzene rings is 7. The van der Waals surface area contributed by atoms with Crippen molar-refractivity contribution in [1.29, 1.82) is 0 Å². The summed E-state index contributed by atoms with van der Waals surface area (Å²) in [5.74, 6) is 0. The van der Waals surface area contributed by atoms with Crippen molar-refractivity contribution in [2.24, 2.45) is 10.7 Å². The molecule has 6 heteroatoms. The second-order valence-corrected chi connectivity index (χ2v) is 14.0. The molecule has 0 spiro atoms. The molecule has 51 heavy (non-hydrogen) atoms. The Morgan fingerprint density at radius 3 is 2.16 bits per heavy atom. The molecule has 0 aliphatic rings. The Morgan fingerprint density at radius 1 is 0.569 bits per heavy atom. The van der Waals surface area contributed by atoms with E-state index in [-0.39, 0.29) is 0 Å². The first-order valence-corrected chi connectivity index (χ1v) is 17.9. The zero-order chi connectivity index (χ0) is 33.9. The molecule has 0 aliphatic heterocycles. The van der Waals surface area contributed by atoms with E-state index in [2.05, 4.69) is 108 Å². The fraction of sp³-hybridized carbons (Fsp3) is 0.0444. The summed E-state index contributed by atoms with van der Waals surface area (Å²) < 4.78 is 15.6. The second kappa shape index (κ2) is 12.1. The Hall–Kier alpha value is -6.05. The van der Waals surface area contributed by atoms with Crippen LogP contribution in [0.15, 0.2) is 165 Å². The van der Waals surface area contributed by atoms with Crippen molar-refractivity contribution in [3.05, 3.63) is 168 Å². The molecule has 2 unspecified atom stereocenters. The van der Waals surface area contributed by atoms with E-state index in [1.165, 1.54) is 20.2 Å². The Bertz CT molecular complexity index is 2940. The van der Waals surface area contributed by atoms with Crippen LogP contribution in [0.1, 0.15) is 29.0 Å². The van der Waals surface area contributed by atoms with Crippen molar-refractivity contribution in [2.45, 2.75) is 12.3 Å². The van der Waals surface area contributed by atoms with Gasteiger partial charge in [-0.15, -0.1) is 11.3 Å². The molecule has 0 bridgehead atoms. The number of hydrogen-bond donors (Lipinski definition) is 2. The van der Waals surface area contributed by atoms with Crippen molar-refractivity contribution in [3.63, 3.8) is 0 Å². The van der Waals surface area contributed by atoms with Gasteiger partial charge in [0.05, 0.1) is 6.17 Å². The summed E-state index contributed by atoms with van der Waals surface area (Å²) in [4.78, 5) is 5.08. The summed E-state index contributed by atoms with van der Waals surface area (Å²) in [6.45, 7) is 0. The lowest BCUT2D eigenvalue weighted by molar-refractivity contribution is 0.465. The lowest BCUT2D eigenvalue weighted by Crippen LogP contribution is -2.31. The minimum absolute atomic E-state index is 0.479. The van der Waals surface area contributed by atoms with E-state index < -0.39 is 12.3 Å². The van der Waals surface area contributed by atoms with Gasteiger partial charge >= 0.3 is 0 Å². The molecule has 0 saturated heterocycles. The summed E-state index contributed by atoms with van der Waals surface area (Å²) in [5, 5.41) is 10.4. The van der Waals surface area contributed by atoms with Crippen LogP contribution in [0.5, 0.6) is 0 Å². The summed E-state index contributed by atoms with van der Waals surface area (Å²) in [7, 11) is 0. The molecular formula is C45H31N3O2S. The molecular weight excluding hydrogens is 647 g/mol. The maximum atomic E-state index is 6.94. The van der Waals surface area contributed by atoms with Crippen molar-refractivity contribution in [1.82, 2.24) is 5.32 Å². The van der Waals surface area contributed by atoms with E-state index in [9.17, 15) is 0 Å². The minimum atomic E-state index is -0.480.